The van der Waals surface area contributed by atoms with E-state index in [1.807, 2.05) is 85.8 Å². The Labute approximate surface area is 218 Å². The summed E-state index contributed by atoms with van der Waals surface area (Å²) in [4.78, 5) is 34.7. The first-order valence-corrected chi connectivity index (χ1v) is 12.7. The number of H-pyrrole nitrogens is 2. The normalized spacial score (nSPS) is 14.6. The minimum atomic E-state index is -0.238. The van der Waals surface area contributed by atoms with Crippen LogP contribution in [0.15, 0.2) is 87.8 Å². The molecule has 0 amide bonds. The molecule has 0 radical (unpaired) electrons. The van der Waals surface area contributed by atoms with Gasteiger partial charge in [-0.05, 0) is 56.5 Å². The van der Waals surface area contributed by atoms with Crippen LogP contribution in [0.1, 0.15) is 16.8 Å². The molecular weight excluding hydrogens is 568 g/mol. The van der Waals surface area contributed by atoms with Gasteiger partial charge >= 0.3 is 0 Å². The third-order valence-corrected chi connectivity index (χ3v) is 7.97. The number of allylic oxidation sites excluding steroid dienone is 4. The summed E-state index contributed by atoms with van der Waals surface area (Å²) in [5, 5.41) is 1.78. The smallest absolute Gasteiger partial charge is 0.202 e. The predicted octanol–water partition coefficient (Wildman–Crippen LogP) is 7.69. The predicted molar refractivity (Wildman–Crippen MR) is 148 cm³/mol. The van der Waals surface area contributed by atoms with Gasteiger partial charge in [-0.15, -0.1) is 0 Å². The summed E-state index contributed by atoms with van der Waals surface area (Å²) in [7, 11) is 0. The van der Waals surface area contributed by atoms with Crippen molar-refractivity contribution >= 4 is 76.4 Å². The number of fused-ring (bicyclic) bond motifs is 2. The highest BCUT2D eigenvalue weighted by Gasteiger charge is 2.37. The Bertz CT molecular complexity index is 1750. The van der Waals surface area contributed by atoms with Crippen molar-refractivity contribution in [2.24, 2.45) is 0 Å². The van der Waals surface area contributed by atoms with E-state index in [1.54, 1.807) is 0 Å². The summed E-state index contributed by atoms with van der Waals surface area (Å²) in [5.74, 6) is -0.471. The molecule has 6 heteroatoms. The zero-order chi connectivity index (χ0) is 24.3. The molecule has 2 heterocycles. The number of aromatic amines is 2. The van der Waals surface area contributed by atoms with Gasteiger partial charge in [0.15, 0.2) is 0 Å². The van der Waals surface area contributed by atoms with E-state index in [1.165, 1.54) is 0 Å². The summed E-state index contributed by atoms with van der Waals surface area (Å²) in [6.45, 7) is 1.92. The number of Topliss-reactive ketones (excluding diaryl/α,β-unsaturated/α-hetero) is 2. The molecule has 0 spiro atoms. The number of aromatic nitrogens is 2. The molecule has 0 fully saturated rings. The van der Waals surface area contributed by atoms with Gasteiger partial charge in [-0.25, -0.2) is 0 Å². The van der Waals surface area contributed by atoms with Crippen LogP contribution >= 0.6 is 31.9 Å². The SMILES string of the molecule is Cc1[nH]c2ccccc2c1C1=C(Br)C(=O)C(c2c(-c3ccccc3)[nH]c3ccccc23)=C(Br)C1=O. The average Bonchev–Trinajstić information content (AvgIpc) is 3.42. The van der Waals surface area contributed by atoms with Crippen molar-refractivity contribution in [3.8, 4) is 11.3 Å². The number of halogens is 2. The minimum Gasteiger partial charge on any atom is -0.358 e. The first-order chi connectivity index (χ1) is 17.0. The maximum atomic E-state index is 14.0. The number of hydrogen-bond donors (Lipinski definition) is 2. The van der Waals surface area contributed by atoms with Gasteiger partial charge in [0, 0.05) is 38.6 Å². The lowest BCUT2D eigenvalue weighted by atomic mass is 9.86. The quantitative estimate of drug-likeness (QED) is 0.213. The minimum absolute atomic E-state index is 0.233. The largest absolute Gasteiger partial charge is 0.358 e. The number of carbonyl (C=O) groups excluding carboxylic acids is 2. The molecule has 6 rings (SSSR count). The fourth-order valence-corrected chi connectivity index (χ4v) is 6.07. The second-order valence-corrected chi connectivity index (χ2v) is 10.1. The number of nitrogens with one attached hydrogen (secondary N) is 2. The second-order valence-electron chi connectivity index (χ2n) is 8.49. The molecule has 0 atom stereocenters. The fourth-order valence-electron chi connectivity index (χ4n) is 4.91. The molecule has 1 aliphatic rings. The van der Waals surface area contributed by atoms with Crippen LogP contribution in [0.4, 0.5) is 0 Å². The zero-order valence-corrected chi connectivity index (χ0v) is 21.7. The van der Waals surface area contributed by atoms with Gasteiger partial charge < -0.3 is 9.97 Å². The Balaban J connectivity index is 1.61. The molecule has 3 aromatic carbocycles. The third kappa shape index (κ3) is 3.32. The van der Waals surface area contributed by atoms with Crippen molar-refractivity contribution < 1.29 is 9.59 Å². The average molecular weight is 586 g/mol. The van der Waals surface area contributed by atoms with E-state index >= 15 is 0 Å². The van der Waals surface area contributed by atoms with Gasteiger partial charge in [0.25, 0.3) is 0 Å². The van der Waals surface area contributed by atoms with E-state index < -0.39 is 0 Å². The van der Waals surface area contributed by atoms with Crippen LogP contribution in [0.2, 0.25) is 0 Å². The second kappa shape index (κ2) is 8.33. The summed E-state index contributed by atoms with van der Waals surface area (Å²) >= 11 is 7.08. The van der Waals surface area contributed by atoms with Crippen molar-refractivity contribution in [3.63, 3.8) is 0 Å². The Hall–Kier alpha value is -3.48. The van der Waals surface area contributed by atoms with E-state index in [0.29, 0.717) is 16.7 Å². The van der Waals surface area contributed by atoms with E-state index in [4.69, 9.17) is 0 Å². The van der Waals surface area contributed by atoms with Crippen LogP contribution in [0, 0.1) is 6.92 Å². The van der Waals surface area contributed by atoms with Crippen molar-refractivity contribution in [3.05, 3.63) is 105 Å². The molecule has 5 aromatic rings. The molecule has 0 unspecified atom stereocenters. The first-order valence-electron chi connectivity index (χ1n) is 11.1. The van der Waals surface area contributed by atoms with Gasteiger partial charge in [-0.1, -0.05) is 66.7 Å². The molecular formula is C29H18Br2N2O2. The van der Waals surface area contributed by atoms with Gasteiger partial charge in [-0.3, -0.25) is 9.59 Å². The van der Waals surface area contributed by atoms with Crippen LogP contribution in [-0.4, -0.2) is 21.5 Å². The maximum absolute atomic E-state index is 14.0. The number of benzene rings is 3. The van der Waals surface area contributed by atoms with Crippen molar-refractivity contribution in [1.29, 1.82) is 0 Å². The van der Waals surface area contributed by atoms with Crippen LogP contribution in [0.5, 0.6) is 0 Å². The fraction of sp³-hybridized carbons (Fsp3) is 0.0345. The molecule has 0 bridgehead atoms. The van der Waals surface area contributed by atoms with Crippen molar-refractivity contribution in [2.45, 2.75) is 6.92 Å². The van der Waals surface area contributed by atoms with Gasteiger partial charge in [0.1, 0.15) is 0 Å². The monoisotopic (exact) mass is 584 g/mol. The van der Waals surface area contributed by atoms with Crippen LogP contribution in [-0.2, 0) is 9.59 Å². The third-order valence-electron chi connectivity index (χ3n) is 6.45. The van der Waals surface area contributed by atoms with E-state index in [2.05, 4.69) is 41.8 Å². The number of para-hydroxylation sites is 2. The van der Waals surface area contributed by atoms with E-state index in [-0.39, 0.29) is 20.5 Å². The van der Waals surface area contributed by atoms with Crippen LogP contribution in [0.3, 0.4) is 0 Å². The molecule has 35 heavy (non-hydrogen) atoms. The van der Waals surface area contributed by atoms with Crippen LogP contribution < -0.4 is 0 Å². The number of aryl methyl sites for hydroxylation is 1. The Morgan fingerprint density at radius 3 is 1.71 bits per heavy atom. The van der Waals surface area contributed by atoms with E-state index in [0.717, 1.165) is 44.3 Å². The Kier molecular flexibility index (Phi) is 5.24. The highest BCUT2D eigenvalue weighted by atomic mass is 79.9. The van der Waals surface area contributed by atoms with E-state index in [9.17, 15) is 9.59 Å². The summed E-state index contributed by atoms with van der Waals surface area (Å²) in [5.41, 5.74) is 6.54. The molecule has 0 aliphatic heterocycles. The molecule has 1 aliphatic carbocycles. The molecule has 0 saturated heterocycles. The highest BCUT2D eigenvalue weighted by Crippen LogP contribution is 2.46. The summed E-state index contributed by atoms with van der Waals surface area (Å²) < 4.78 is 0.519. The lowest BCUT2D eigenvalue weighted by molar-refractivity contribution is -0.112. The summed E-state index contributed by atoms with van der Waals surface area (Å²) in [6, 6.07) is 25.4. The zero-order valence-electron chi connectivity index (χ0n) is 18.6. The lowest BCUT2D eigenvalue weighted by Gasteiger charge is -2.20. The lowest BCUT2D eigenvalue weighted by Crippen LogP contribution is -2.19. The first kappa shape index (κ1) is 22.0. The maximum Gasteiger partial charge on any atom is 0.202 e. The van der Waals surface area contributed by atoms with Gasteiger partial charge in [-0.2, -0.15) is 0 Å². The van der Waals surface area contributed by atoms with Crippen LogP contribution in [0.25, 0.3) is 44.2 Å². The molecule has 2 aromatic heterocycles. The number of ketones is 2. The number of carbonyl (C=O) groups is 2. The highest BCUT2D eigenvalue weighted by molar-refractivity contribution is 9.12. The van der Waals surface area contributed by atoms with Crippen molar-refractivity contribution in [1.82, 2.24) is 9.97 Å². The standard InChI is InChI=1S/C29H18Br2N2O2/c1-15-21(17-11-5-7-13-19(17)32-15)23-25(30)29(35)24(26(31)28(23)34)22-18-12-6-8-14-20(18)33-27(22)16-9-3-2-4-10-16/h2-14,32-33H,1H3. The van der Waals surface area contributed by atoms with Crippen molar-refractivity contribution in [2.75, 3.05) is 0 Å². The molecule has 2 N–H and O–H groups in total. The topological polar surface area (TPSA) is 65.7 Å². The number of hydrogen-bond acceptors (Lipinski definition) is 2. The van der Waals surface area contributed by atoms with Gasteiger partial charge in [0.05, 0.1) is 25.8 Å². The molecule has 0 saturated carbocycles. The Morgan fingerprint density at radius 2 is 1.09 bits per heavy atom. The molecule has 4 nitrogen and oxygen atoms in total. The Morgan fingerprint density at radius 1 is 0.600 bits per heavy atom. The summed E-state index contributed by atoms with van der Waals surface area (Å²) in [6.07, 6.45) is 0. The van der Waals surface area contributed by atoms with Gasteiger partial charge in [0.2, 0.25) is 11.6 Å². The number of rotatable bonds is 3. The molecule has 170 valence electrons.